The van der Waals surface area contributed by atoms with Gasteiger partial charge in [-0.15, -0.1) is 0 Å². The van der Waals surface area contributed by atoms with Crippen LogP contribution in [0.4, 0.5) is 21.7 Å². The Kier molecular flexibility index (Phi) is 17.7. The molecule has 418 valence electrons. The van der Waals surface area contributed by atoms with Crippen molar-refractivity contribution in [3.05, 3.63) is 106 Å². The highest BCUT2D eigenvalue weighted by Gasteiger charge is 2.34. The standard InChI is InChI=1S/C27H32FN5O3.C18H15ClFN3O2.C10H19BF3N2O/c28-20-4-6-22(7-5-20)33-26-24(25(30-33)18-2-1-3-18)19(16-23(29-26)27(34)35)17-31-10-8-21(9-11-31)32-12-14-36-15-13-32;1-25-18(24)14-9-13(19)15-16(10-3-2-4-10)22-23(17(15)21-14)12-7-5-11(20)6-8-12;12-11(13,14)9-15-3-5-16(6-4-15)10-1-7-17-8-2-10/h4-7,16,18,21H,1-3,8-15,17H2,(H,34,35);5-10H,2-4H2,1H3;10H,1-9H2/q;;-1. The number of piperazine rings is 1. The van der Waals surface area contributed by atoms with E-state index in [1.807, 2.05) is 0 Å². The van der Waals surface area contributed by atoms with Crippen LogP contribution in [-0.2, 0) is 20.8 Å². The molecule has 8 heterocycles. The summed E-state index contributed by atoms with van der Waals surface area (Å²) in [6.07, 6.45) is 10.1. The summed E-state index contributed by atoms with van der Waals surface area (Å²) >= 11 is 6.46. The third kappa shape index (κ3) is 13.0. The fourth-order valence-corrected chi connectivity index (χ4v) is 11.8. The van der Waals surface area contributed by atoms with Crippen LogP contribution in [0.25, 0.3) is 33.4 Å². The second-order valence-corrected chi connectivity index (χ2v) is 21.6. The topological polar surface area (TPSA) is 156 Å². The first-order valence-corrected chi connectivity index (χ1v) is 27.7. The summed E-state index contributed by atoms with van der Waals surface area (Å²) in [5.41, 5.74) is 5.32. The summed E-state index contributed by atoms with van der Waals surface area (Å²) < 4.78 is 82.6. The molecule has 78 heavy (non-hydrogen) atoms. The normalized spacial score (nSPS) is 19.9. The second-order valence-electron chi connectivity index (χ2n) is 21.2. The molecule has 2 aromatic carbocycles. The van der Waals surface area contributed by atoms with Gasteiger partial charge in [-0.1, -0.05) is 24.4 Å². The molecule has 4 aliphatic heterocycles. The average molecular weight is 1100 g/mol. The van der Waals surface area contributed by atoms with Crippen molar-refractivity contribution in [1.82, 2.24) is 49.1 Å². The molecule has 6 aliphatic rings. The summed E-state index contributed by atoms with van der Waals surface area (Å²) in [6.45, 7) is 5.75. The van der Waals surface area contributed by atoms with Gasteiger partial charge in [0.15, 0.2) is 22.7 Å². The summed E-state index contributed by atoms with van der Waals surface area (Å²) in [5.74, 6) is -1.61. The van der Waals surface area contributed by atoms with E-state index in [0.717, 1.165) is 151 Å². The molecule has 1 N–H and O–H groups in total. The van der Waals surface area contributed by atoms with Crippen molar-refractivity contribution in [3.8, 4) is 11.4 Å². The number of halogens is 6. The number of piperidine rings is 1. The van der Waals surface area contributed by atoms with Crippen LogP contribution >= 0.6 is 11.6 Å². The Morgan fingerprint density at radius 1 is 0.641 bits per heavy atom. The largest absolute Gasteiger partial charge is 0.492 e. The smallest absolute Gasteiger partial charge is 0.477 e. The zero-order chi connectivity index (χ0) is 54.5. The number of nitrogens with zero attached hydrogens (tertiary/aromatic N) is 10. The number of ether oxygens (including phenoxy) is 3. The number of benzene rings is 2. The summed E-state index contributed by atoms with van der Waals surface area (Å²) in [6, 6.07) is 16.4. The highest BCUT2D eigenvalue weighted by molar-refractivity contribution is 6.58. The first-order valence-electron chi connectivity index (χ1n) is 27.3. The fraction of sp³-hybridized carbons (Fsp3) is 0.527. The number of rotatable bonds is 12. The predicted octanol–water partition coefficient (Wildman–Crippen LogP) is 9.26. The molecule has 0 bridgehead atoms. The van der Waals surface area contributed by atoms with Gasteiger partial charge in [-0.2, -0.15) is 10.2 Å². The highest BCUT2D eigenvalue weighted by atomic mass is 35.5. The predicted molar refractivity (Wildman–Crippen MR) is 286 cm³/mol. The molecule has 0 atom stereocenters. The minimum atomic E-state index is -4.68. The molecule has 6 aromatic rings. The number of aromatic nitrogens is 6. The van der Waals surface area contributed by atoms with Gasteiger partial charge in [-0.25, -0.2) is 37.7 Å². The van der Waals surface area contributed by atoms with Crippen LogP contribution in [0, 0.1) is 11.6 Å². The molecule has 6 fully saturated rings. The van der Waals surface area contributed by atoms with Gasteiger partial charge < -0.3 is 37.2 Å². The maximum Gasteiger partial charge on any atom is 0.492 e. The number of methoxy groups -OCH3 is 1. The molecule has 0 amide bonds. The van der Waals surface area contributed by atoms with Crippen LogP contribution in [0.1, 0.15) is 114 Å². The molecule has 4 saturated heterocycles. The molecule has 0 radical (unpaired) electrons. The van der Waals surface area contributed by atoms with Gasteiger partial charge in [0.2, 0.25) is 0 Å². The van der Waals surface area contributed by atoms with E-state index in [0.29, 0.717) is 71.2 Å². The van der Waals surface area contributed by atoms with Crippen molar-refractivity contribution in [2.24, 2.45) is 0 Å². The summed E-state index contributed by atoms with van der Waals surface area (Å²) in [5, 5.41) is 21.6. The molecule has 4 aromatic heterocycles. The van der Waals surface area contributed by atoms with E-state index in [4.69, 9.17) is 36.0 Å². The van der Waals surface area contributed by atoms with Gasteiger partial charge in [0.25, 0.3) is 0 Å². The second kappa shape index (κ2) is 24.8. The molecule has 23 heteroatoms. The maximum absolute atomic E-state index is 13.6. The molecule has 0 unspecified atom stereocenters. The fourth-order valence-electron chi connectivity index (χ4n) is 11.5. The molecule has 2 aliphatic carbocycles. The van der Waals surface area contributed by atoms with Crippen LogP contribution in [0.3, 0.4) is 0 Å². The Hall–Kier alpha value is -5.62. The third-order valence-electron chi connectivity index (χ3n) is 16.2. The van der Waals surface area contributed by atoms with Crippen LogP contribution in [0.5, 0.6) is 0 Å². The lowest BCUT2D eigenvalue weighted by Crippen LogP contribution is -2.53. The zero-order valence-corrected chi connectivity index (χ0v) is 44.6. The zero-order valence-electron chi connectivity index (χ0n) is 43.9. The number of esters is 1. The van der Waals surface area contributed by atoms with Crippen molar-refractivity contribution >= 4 is 52.6 Å². The lowest BCUT2D eigenvalue weighted by molar-refractivity contribution is 0.000255. The highest BCUT2D eigenvalue weighted by Crippen LogP contribution is 2.43. The average Bonchev–Trinajstić information content (AvgIpc) is 4.12. The lowest BCUT2D eigenvalue weighted by atomic mass is 9.81. The molecule has 16 nitrogen and oxygen atoms in total. The maximum atomic E-state index is 13.6. The first-order chi connectivity index (χ1) is 37.7. The van der Waals surface area contributed by atoms with Gasteiger partial charge in [0.05, 0.1) is 53.5 Å². The van der Waals surface area contributed by atoms with Gasteiger partial charge in [0.1, 0.15) is 11.6 Å². The van der Waals surface area contributed by atoms with Crippen molar-refractivity contribution < 1.29 is 50.6 Å². The van der Waals surface area contributed by atoms with Crippen LogP contribution in [0.2, 0.25) is 5.02 Å². The number of carbonyl (C=O) groups is 2. The number of carbonyl (C=O) groups excluding carboxylic acids is 1. The first kappa shape index (κ1) is 55.7. The Labute approximate surface area is 454 Å². The van der Waals surface area contributed by atoms with E-state index >= 15 is 0 Å². The van der Waals surface area contributed by atoms with E-state index in [-0.39, 0.29) is 23.0 Å². The minimum Gasteiger partial charge on any atom is -0.477 e. The number of likely N-dealkylation sites (tertiary alicyclic amines) is 1. The third-order valence-corrected chi connectivity index (χ3v) is 16.5. The molecule has 2 saturated carbocycles. The van der Waals surface area contributed by atoms with Crippen molar-refractivity contribution in [1.29, 1.82) is 0 Å². The number of fused-ring (bicyclic) bond motifs is 2. The van der Waals surface area contributed by atoms with Crippen LogP contribution in [0.15, 0.2) is 60.7 Å². The number of morpholine rings is 1. The van der Waals surface area contributed by atoms with E-state index < -0.39 is 25.4 Å². The molecular formula is C55H66BClF5N10O6-. The quantitative estimate of drug-likeness (QED) is 0.0703. The van der Waals surface area contributed by atoms with Gasteiger partial charge in [-0.3, -0.25) is 14.7 Å². The minimum absolute atomic E-state index is 0.0177. The van der Waals surface area contributed by atoms with Gasteiger partial charge in [0, 0.05) is 88.3 Å². The number of aromatic carboxylic acids is 1. The summed E-state index contributed by atoms with van der Waals surface area (Å²) in [4.78, 5) is 41.7. The number of carboxylic acid groups (broad SMARTS) is 1. The Morgan fingerprint density at radius 3 is 1.65 bits per heavy atom. The Morgan fingerprint density at radius 2 is 1.14 bits per heavy atom. The van der Waals surface area contributed by atoms with Crippen LogP contribution < -0.4 is 0 Å². The van der Waals surface area contributed by atoms with E-state index in [1.165, 1.54) is 48.8 Å². The number of carboxylic acids is 1. The van der Waals surface area contributed by atoms with Crippen molar-refractivity contribution in [3.63, 3.8) is 0 Å². The van der Waals surface area contributed by atoms with Crippen LogP contribution in [-0.4, -0.2) is 178 Å². The Bertz CT molecular complexity index is 3020. The molecule has 0 spiro atoms. The van der Waals surface area contributed by atoms with Crippen molar-refractivity contribution in [2.75, 3.05) is 92.3 Å². The lowest BCUT2D eigenvalue weighted by Gasteiger charge is -2.41. The SMILES string of the molecule is COC(=O)c1cc(Cl)c2c(C3CCC3)nn(-c3ccc(F)cc3)c2n1.F[B-](F)(F)CN1CCN(C2CCOCC2)CC1.O=C(O)c1cc(CN2CCC(N3CCOCC3)CC2)c2c(C3CCC3)nn(-c3ccc(F)cc3)c2n1. The molecule has 12 rings (SSSR count). The number of hydrogen-bond donors (Lipinski definition) is 1. The van der Waals surface area contributed by atoms with Gasteiger partial charge in [-0.05, 0) is 137 Å². The number of hydrogen-bond acceptors (Lipinski definition) is 13. The molecular weight excluding hydrogens is 1040 g/mol. The summed E-state index contributed by atoms with van der Waals surface area (Å²) in [7, 11) is 1.29. The van der Waals surface area contributed by atoms with E-state index in [1.54, 1.807) is 39.7 Å². The van der Waals surface area contributed by atoms with Crippen molar-refractivity contribution in [2.45, 2.75) is 94.7 Å². The number of pyridine rings is 2. The Balaban J connectivity index is 0.000000142. The van der Waals surface area contributed by atoms with E-state index in [2.05, 4.69) is 24.7 Å². The monoisotopic (exact) mass is 1100 g/mol. The van der Waals surface area contributed by atoms with E-state index in [9.17, 15) is 36.4 Å². The van der Waals surface area contributed by atoms with Gasteiger partial charge >= 0.3 is 18.9 Å².